The third kappa shape index (κ3) is 4.70. The molecule has 0 unspecified atom stereocenters. The van der Waals surface area contributed by atoms with Crippen LogP contribution in [0.15, 0.2) is 24.3 Å². The first kappa shape index (κ1) is 21.1. The van der Waals surface area contributed by atoms with Crippen LogP contribution in [-0.2, 0) is 14.3 Å². The molecule has 8 nitrogen and oxygen atoms in total. The zero-order valence-electron chi connectivity index (χ0n) is 17.1. The number of imide groups is 1. The van der Waals surface area contributed by atoms with E-state index in [0.717, 1.165) is 12.8 Å². The fourth-order valence-corrected chi connectivity index (χ4v) is 3.68. The first-order valence-electron chi connectivity index (χ1n) is 10.3. The number of unbranched alkanes of at least 4 members (excludes halogenated alkanes) is 1. The van der Waals surface area contributed by atoms with Crippen LogP contribution in [0.3, 0.4) is 0 Å². The molecule has 158 valence electrons. The summed E-state index contributed by atoms with van der Waals surface area (Å²) in [5, 5.41) is 0. The van der Waals surface area contributed by atoms with E-state index in [4.69, 9.17) is 9.47 Å². The molecule has 3 amide bonds. The number of amides is 3. The van der Waals surface area contributed by atoms with Gasteiger partial charge in [-0.15, -0.1) is 0 Å². The van der Waals surface area contributed by atoms with E-state index in [2.05, 4.69) is 6.92 Å². The fraction of sp³-hybridized carbons (Fsp3) is 0.571. The quantitative estimate of drug-likeness (QED) is 0.513. The van der Waals surface area contributed by atoms with Crippen LogP contribution in [0.25, 0.3) is 0 Å². The topological polar surface area (TPSA) is 79.4 Å². The second-order valence-electron chi connectivity index (χ2n) is 7.18. The van der Waals surface area contributed by atoms with Gasteiger partial charge in [-0.2, -0.15) is 0 Å². The van der Waals surface area contributed by atoms with Crippen LogP contribution >= 0.6 is 0 Å². The Labute approximate surface area is 171 Å². The molecule has 2 aliphatic heterocycles. The Kier molecular flexibility index (Phi) is 7.09. The van der Waals surface area contributed by atoms with Crippen molar-refractivity contribution < 1.29 is 23.9 Å². The van der Waals surface area contributed by atoms with Gasteiger partial charge >= 0.3 is 6.09 Å². The zero-order chi connectivity index (χ0) is 20.8. The van der Waals surface area contributed by atoms with Crippen molar-refractivity contribution >= 4 is 23.6 Å². The van der Waals surface area contributed by atoms with Crippen LogP contribution in [0.1, 0.15) is 33.1 Å². The molecule has 3 rings (SSSR count). The highest BCUT2D eigenvalue weighted by Gasteiger charge is 2.44. The number of carbonyl (C=O) groups excluding carboxylic acids is 3. The molecule has 8 heteroatoms. The standard InChI is InChI=1S/C21H29N3O5/c1-3-5-14-29-18-9-7-6-8-16(18)24-19(25)15-17(20(24)26)22-10-12-23(13-11-22)21(27)28-4-2/h6-9,17H,3-5,10-15H2,1-2H3/t17-/m1/s1. The second-order valence-corrected chi connectivity index (χ2v) is 7.18. The molecule has 1 aromatic rings. The van der Waals surface area contributed by atoms with Gasteiger partial charge in [-0.25, -0.2) is 9.69 Å². The summed E-state index contributed by atoms with van der Waals surface area (Å²) in [5.41, 5.74) is 0.506. The Bertz CT molecular complexity index is 746. The smallest absolute Gasteiger partial charge is 0.409 e. The average Bonchev–Trinajstić information content (AvgIpc) is 3.03. The molecule has 2 saturated heterocycles. The third-order valence-corrected chi connectivity index (χ3v) is 5.27. The van der Waals surface area contributed by atoms with E-state index in [-0.39, 0.29) is 24.3 Å². The number of ether oxygens (including phenoxy) is 2. The van der Waals surface area contributed by atoms with Crippen molar-refractivity contribution in [2.75, 3.05) is 44.3 Å². The van der Waals surface area contributed by atoms with E-state index in [1.807, 2.05) is 11.0 Å². The Hall–Kier alpha value is -2.61. The number of carbonyl (C=O) groups is 3. The molecule has 2 aliphatic rings. The van der Waals surface area contributed by atoms with Crippen molar-refractivity contribution in [3.8, 4) is 5.75 Å². The molecule has 1 atom stereocenters. The Morgan fingerprint density at radius 1 is 1.10 bits per heavy atom. The summed E-state index contributed by atoms with van der Waals surface area (Å²) in [6.45, 7) is 6.76. The SMILES string of the molecule is CCCCOc1ccccc1N1C(=O)C[C@@H](N2CCN(C(=O)OCC)CC2)C1=O. The van der Waals surface area contributed by atoms with Crippen molar-refractivity contribution in [1.82, 2.24) is 9.80 Å². The van der Waals surface area contributed by atoms with E-state index >= 15 is 0 Å². The van der Waals surface area contributed by atoms with Crippen LogP contribution < -0.4 is 9.64 Å². The van der Waals surface area contributed by atoms with E-state index in [1.54, 1.807) is 30.0 Å². The fourth-order valence-electron chi connectivity index (χ4n) is 3.68. The molecule has 0 aromatic heterocycles. The molecule has 2 heterocycles. The largest absolute Gasteiger partial charge is 0.491 e. The number of hydrogen-bond donors (Lipinski definition) is 0. The van der Waals surface area contributed by atoms with Gasteiger partial charge in [0.15, 0.2) is 0 Å². The number of benzene rings is 1. The van der Waals surface area contributed by atoms with Crippen molar-refractivity contribution in [3.63, 3.8) is 0 Å². The van der Waals surface area contributed by atoms with E-state index < -0.39 is 6.04 Å². The van der Waals surface area contributed by atoms with Crippen molar-refractivity contribution in [2.24, 2.45) is 0 Å². The van der Waals surface area contributed by atoms with Gasteiger partial charge in [0.1, 0.15) is 5.75 Å². The van der Waals surface area contributed by atoms with Crippen LogP contribution in [0.2, 0.25) is 0 Å². The highest BCUT2D eigenvalue weighted by molar-refractivity contribution is 6.23. The first-order chi connectivity index (χ1) is 14.1. The molecule has 2 fully saturated rings. The predicted octanol–water partition coefficient (Wildman–Crippen LogP) is 2.27. The van der Waals surface area contributed by atoms with E-state index in [1.165, 1.54) is 4.90 Å². The summed E-state index contributed by atoms with van der Waals surface area (Å²) in [4.78, 5) is 42.6. The maximum Gasteiger partial charge on any atom is 0.409 e. The second kappa shape index (κ2) is 9.73. The van der Waals surface area contributed by atoms with Crippen molar-refractivity contribution in [1.29, 1.82) is 0 Å². The predicted molar refractivity (Wildman–Crippen MR) is 108 cm³/mol. The Balaban J connectivity index is 1.67. The summed E-state index contributed by atoms with van der Waals surface area (Å²) in [7, 11) is 0. The molecular formula is C21H29N3O5. The van der Waals surface area contributed by atoms with Crippen LogP contribution in [0, 0.1) is 0 Å². The average molecular weight is 403 g/mol. The summed E-state index contributed by atoms with van der Waals surface area (Å²) in [5.74, 6) is 0.0981. The highest BCUT2D eigenvalue weighted by atomic mass is 16.6. The number of piperazine rings is 1. The molecule has 0 aliphatic carbocycles. The zero-order valence-corrected chi connectivity index (χ0v) is 17.1. The van der Waals surface area contributed by atoms with Crippen molar-refractivity contribution in [3.05, 3.63) is 24.3 Å². The maximum absolute atomic E-state index is 13.1. The van der Waals surface area contributed by atoms with E-state index in [0.29, 0.717) is 50.8 Å². The van der Waals surface area contributed by atoms with Crippen LogP contribution in [0.4, 0.5) is 10.5 Å². The van der Waals surface area contributed by atoms with E-state index in [9.17, 15) is 14.4 Å². The number of anilines is 1. The number of hydrogen-bond acceptors (Lipinski definition) is 6. The van der Waals surface area contributed by atoms with Gasteiger partial charge in [0.2, 0.25) is 5.91 Å². The molecule has 0 saturated carbocycles. The molecule has 0 bridgehead atoms. The highest BCUT2D eigenvalue weighted by Crippen LogP contribution is 2.33. The molecule has 1 aromatic carbocycles. The number of nitrogens with zero attached hydrogens (tertiary/aromatic N) is 3. The molecule has 0 radical (unpaired) electrons. The van der Waals surface area contributed by atoms with Gasteiger partial charge in [-0.1, -0.05) is 25.5 Å². The molecular weight excluding hydrogens is 374 g/mol. The van der Waals surface area contributed by atoms with Gasteiger partial charge in [0.25, 0.3) is 5.91 Å². The van der Waals surface area contributed by atoms with Crippen molar-refractivity contribution in [2.45, 2.75) is 39.2 Å². The minimum absolute atomic E-state index is 0.140. The minimum atomic E-state index is -0.504. The van der Waals surface area contributed by atoms with Gasteiger partial charge in [0.05, 0.1) is 31.4 Å². The molecule has 0 N–H and O–H groups in total. The summed E-state index contributed by atoms with van der Waals surface area (Å²) < 4.78 is 10.8. The Morgan fingerprint density at radius 2 is 1.83 bits per heavy atom. The maximum atomic E-state index is 13.1. The summed E-state index contributed by atoms with van der Waals surface area (Å²) in [6, 6.07) is 6.67. The lowest BCUT2D eigenvalue weighted by Gasteiger charge is -2.36. The van der Waals surface area contributed by atoms with Gasteiger partial charge in [0, 0.05) is 26.2 Å². The Morgan fingerprint density at radius 3 is 2.52 bits per heavy atom. The van der Waals surface area contributed by atoms with Crippen LogP contribution in [-0.4, -0.2) is 73.1 Å². The lowest BCUT2D eigenvalue weighted by atomic mass is 10.2. The van der Waals surface area contributed by atoms with Gasteiger partial charge in [-0.3, -0.25) is 14.5 Å². The molecule has 0 spiro atoms. The third-order valence-electron chi connectivity index (χ3n) is 5.27. The lowest BCUT2D eigenvalue weighted by molar-refractivity contribution is -0.123. The van der Waals surface area contributed by atoms with Gasteiger partial charge < -0.3 is 14.4 Å². The normalized spacial score (nSPS) is 20.3. The summed E-state index contributed by atoms with van der Waals surface area (Å²) in [6.07, 6.45) is 1.72. The first-order valence-corrected chi connectivity index (χ1v) is 10.3. The minimum Gasteiger partial charge on any atom is -0.491 e. The number of rotatable bonds is 7. The number of para-hydroxylation sites is 2. The lowest BCUT2D eigenvalue weighted by Crippen LogP contribution is -2.54. The van der Waals surface area contributed by atoms with Crippen LogP contribution in [0.5, 0.6) is 5.75 Å². The monoisotopic (exact) mass is 403 g/mol. The molecule has 29 heavy (non-hydrogen) atoms. The van der Waals surface area contributed by atoms with Gasteiger partial charge in [-0.05, 0) is 25.5 Å². The summed E-state index contributed by atoms with van der Waals surface area (Å²) >= 11 is 0.